The highest BCUT2D eigenvalue weighted by Crippen LogP contribution is 2.18. The number of hydrogen-bond acceptors (Lipinski definition) is 7. The SMILES string of the molecule is NNc1ncc(Cn2ncc(N3CCCC3)cc2=O)s1. The van der Waals surface area contributed by atoms with Gasteiger partial charge in [-0.1, -0.05) is 11.3 Å². The Morgan fingerprint density at radius 3 is 2.80 bits per heavy atom. The molecule has 1 fully saturated rings. The Bertz CT molecular complexity index is 645. The summed E-state index contributed by atoms with van der Waals surface area (Å²) in [7, 11) is 0. The van der Waals surface area contributed by atoms with Crippen molar-refractivity contribution in [1.82, 2.24) is 14.8 Å². The summed E-state index contributed by atoms with van der Waals surface area (Å²) in [6.07, 6.45) is 5.82. The topological polar surface area (TPSA) is 89.1 Å². The van der Waals surface area contributed by atoms with Crippen LogP contribution in [0.15, 0.2) is 23.3 Å². The Morgan fingerprint density at radius 2 is 2.15 bits per heavy atom. The highest BCUT2D eigenvalue weighted by atomic mass is 32.1. The van der Waals surface area contributed by atoms with Gasteiger partial charge in [-0.3, -0.25) is 10.2 Å². The van der Waals surface area contributed by atoms with Crippen molar-refractivity contribution in [2.75, 3.05) is 23.4 Å². The Labute approximate surface area is 120 Å². The molecule has 8 heteroatoms. The van der Waals surface area contributed by atoms with E-state index >= 15 is 0 Å². The molecule has 0 spiro atoms. The fourth-order valence-electron chi connectivity index (χ4n) is 2.29. The van der Waals surface area contributed by atoms with Crippen LogP contribution < -0.4 is 21.7 Å². The maximum atomic E-state index is 12.1. The van der Waals surface area contributed by atoms with Crippen molar-refractivity contribution in [1.29, 1.82) is 0 Å². The number of aromatic nitrogens is 3. The lowest BCUT2D eigenvalue weighted by molar-refractivity contribution is 0.643. The van der Waals surface area contributed by atoms with Gasteiger partial charge in [0.25, 0.3) is 5.56 Å². The number of thiazole rings is 1. The van der Waals surface area contributed by atoms with Crippen LogP contribution in [0.3, 0.4) is 0 Å². The molecule has 20 heavy (non-hydrogen) atoms. The number of hydrazine groups is 1. The molecule has 0 amide bonds. The lowest BCUT2D eigenvalue weighted by Crippen LogP contribution is -2.26. The van der Waals surface area contributed by atoms with E-state index in [2.05, 4.69) is 20.4 Å². The van der Waals surface area contributed by atoms with Crippen molar-refractivity contribution in [2.45, 2.75) is 19.4 Å². The molecule has 0 aliphatic carbocycles. The first-order chi connectivity index (χ1) is 9.76. The Morgan fingerprint density at radius 1 is 1.35 bits per heavy atom. The number of hydrogen-bond donors (Lipinski definition) is 2. The summed E-state index contributed by atoms with van der Waals surface area (Å²) in [5.74, 6) is 5.28. The molecule has 2 aromatic rings. The van der Waals surface area contributed by atoms with Gasteiger partial charge in [0.2, 0.25) is 0 Å². The minimum Gasteiger partial charge on any atom is -0.370 e. The number of nitrogen functional groups attached to an aromatic ring is 1. The van der Waals surface area contributed by atoms with Crippen LogP contribution in [0.25, 0.3) is 0 Å². The maximum absolute atomic E-state index is 12.1. The standard InChI is InChI=1S/C12H16N6OS/c13-16-12-14-7-10(20-12)8-18-11(19)5-9(6-15-18)17-3-1-2-4-17/h5-7H,1-4,8,13H2,(H,14,16). The number of nitrogens with two attached hydrogens (primary N) is 1. The van der Waals surface area contributed by atoms with Gasteiger partial charge in [-0.2, -0.15) is 5.10 Å². The zero-order valence-corrected chi connectivity index (χ0v) is 11.8. The average molecular weight is 292 g/mol. The van der Waals surface area contributed by atoms with Gasteiger partial charge in [0, 0.05) is 30.2 Å². The molecule has 7 nitrogen and oxygen atoms in total. The van der Waals surface area contributed by atoms with Crippen molar-refractivity contribution >= 4 is 22.2 Å². The van der Waals surface area contributed by atoms with Crippen LogP contribution in [-0.2, 0) is 6.54 Å². The van der Waals surface area contributed by atoms with Crippen LogP contribution in [0.1, 0.15) is 17.7 Å². The van der Waals surface area contributed by atoms with Crippen molar-refractivity contribution in [3.63, 3.8) is 0 Å². The van der Waals surface area contributed by atoms with Crippen molar-refractivity contribution in [2.24, 2.45) is 5.84 Å². The summed E-state index contributed by atoms with van der Waals surface area (Å²) in [5.41, 5.74) is 3.31. The third-order valence-corrected chi connectivity index (χ3v) is 4.22. The summed E-state index contributed by atoms with van der Waals surface area (Å²) in [6, 6.07) is 1.65. The monoisotopic (exact) mass is 292 g/mol. The van der Waals surface area contributed by atoms with Crippen molar-refractivity contribution in [3.8, 4) is 0 Å². The minimum atomic E-state index is -0.0925. The molecular weight excluding hydrogens is 276 g/mol. The number of nitrogens with zero attached hydrogens (tertiary/aromatic N) is 4. The second kappa shape index (κ2) is 5.59. The Balaban J connectivity index is 1.78. The smallest absolute Gasteiger partial charge is 0.269 e. The second-order valence-electron chi connectivity index (χ2n) is 4.68. The number of rotatable bonds is 4. The van der Waals surface area contributed by atoms with Gasteiger partial charge in [0.15, 0.2) is 5.13 Å². The molecule has 1 saturated heterocycles. The lowest BCUT2D eigenvalue weighted by Gasteiger charge is -2.16. The molecule has 106 valence electrons. The fraction of sp³-hybridized carbons (Fsp3) is 0.417. The van der Waals surface area contributed by atoms with Crippen LogP contribution >= 0.6 is 11.3 Å². The predicted molar refractivity (Wildman–Crippen MR) is 79.0 cm³/mol. The largest absolute Gasteiger partial charge is 0.370 e. The normalized spacial score (nSPS) is 14.8. The van der Waals surface area contributed by atoms with E-state index in [0.717, 1.165) is 23.7 Å². The first kappa shape index (κ1) is 13.1. The third-order valence-electron chi connectivity index (χ3n) is 3.31. The first-order valence-electron chi connectivity index (χ1n) is 6.50. The van der Waals surface area contributed by atoms with E-state index in [-0.39, 0.29) is 5.56 Å². The highest BCUT2D eigenvalue weighted by molar-refractivity contribution is 7.15. The lowest BCUT2D eigenvalue weighted by atomic mass is 10.4. The van der Waals surface area contributed by atoms with E-state index in [4.69, 9.17) is 5.84 Å². The average Bonchev–Trinajstić information content (AvgIpc) is 3.12. The molecule has 0 bridgehead atoms. The summed E-state index contributed by atoms with van der Waals surface area (Å²) in [4.78, 5) is 19.3. The van der Waals surface area contributed by atoms with E-state index in [9.17, 15) is 4.79 Å². The molecule has 0 atom stereocenters. The quantitative estimate of drug-likeness (QED) is 0.635. The molecule has 3 N–H and O–H groups in total. The molecule has 2 aromatic heterocycles. The molecule has 0 radical (unpaired) electrons. The molecule has 0 aromatic carbocycles. The van der Waals surface area contributed by atoms with Gasteiger partial charge in [0.05, 0.1) is 18.4 Å². The van der Waals surface area contributed by atoms with Crippen LogP contribution in [0.5, 0.6) is 0 Å². The van der Waals surface area contributed by atoms with Gasteiger partial charge in [-0.15, -0.1) is 0 Å². The zero-order valence-electron chi connectivity index (χ0n) is 11.0. The van der Waals surface area contributed by atoms with Crippen molar-refractivity contribution in [3.05, 3.63) is 33.7 Å². The zero-order chi connectivity index (χ0) is 13.9. The minimum absolute atomic E-state index is 0.0925. The van der Waals surface area contributed by atoms with Gasteiger partial charge >= 0.3 is 0 Å². The van der Waals surface area contributed by atoms with Crippen molar-refractivity contribution < 1.29 is 0 Å². The van der Waals surface area contributed by atoms with Crippen LogP contribution in [0, 0.1) is 0 Å². The molecule has 3 heterocycles. The molecule has 0 saturated carbocycles. The van der Waals surface area contributed by atoms with E-state index < -0.39 is 0 Å². The predicted octanol–water partition coefficient (Wildman–Crippen LogP) is 0.634. The number of anilines is 2. The van der Waals surface area contributed by atoms with E-state index in [1.54, 1.807) is 18.5 Å². The highest BCUT2D eigenvalue weighted by Gasteiger charge is 2.14. The number of nitrogens with one attached hydrogen (secondary N) is 1. The van der Waals surface area contributed by atoms with Gasteiger partial charge in [-0.25, -0.2) is 15.5 Å². The third kappa shape index (κ3) is 2.66. The van der Waals surface area contributed by atoms with E-state index in [0.29, 0.717) is 11.7 Å². The van der Waals surface area contributed by atoms with Crippen LogP contribution in [-0.4, -0.2) is 27.9 Å². The molecule has 1 aliphatic heterocycles. The summed E-state index contributed by atoms with van der Waals surface area (Å²) >= 11 is 1.41. The van der Waals surface area contributed by atoms with Gasteiger partial charge in [0.1, 0.15) is 0 Å². The molecule has 3 rings (SSSR count). The maximum Gasteiger partial charge on any atom is 0.269 e. The summed E-state index contributed by atoms with van der Waals surface area (Å²) in [5, 5.41) is 4.87. The Hall–Kier alpha value is -1.93. The Kier molecular flexibility index (Phi) is 3.66. The second-order valence-corrected chi connectivity index (χ2v) is 5.80. The van der Waals surface area contributed by atoms with Gasteiger partial charge in [-0.05, 0) is 12.8 Å². The fourth-order valence-corrected chi connectivity index (χ4v) is 2.99. The van der Waals surface area contributed by atoms with E-state index in [1.165, 1.54) is 28.9 Å². The summed E-state index contributed by atoms with van der Waals surface area (Å²) < 4.78 is 1.44. The molecule has 1 aliphatic rings. The summed E-state index contributed by atoms with van der Waals surface area (Å²) in [6.45, 7) is 2.43. The van der Waals surface area contributed by atoms with E-state index in [1.807, 2.05) is 0 Å². The molecule has 0 unspecified atom stereocenters. The van der Waals surface area contributed by atoms with Crippen LogP contribution in [0.4, 0.5) is 10.8 Å². The molecular formula is C12H16N6OS. The van der Waals surface area contributed by atoms with Gasteiger partial charge < -0.3 is 4.90 Å². The van der Waals surface area contributed by atoms with Crippen LogP contribution in [0.2, 0.25) is 0 Å². The first-order valence-corrected chi connectivity index (χ1v) is 7.31.